The van der Waals surface area contributed by atoms with Crippen molar-refractivity contribution in [3.63, 3.8) is 0 Å². The summed E-state index contributed by atoms with van der Waals surface area (Å²) in [4.78, 5) is 0. The van der Waals surface area contributed by atoms with Crippen LogP contribution in [0.5, 0.6) is 0 Å². The Labute approximate surface area is 128 Å². The fourth-order valence-electron chi connectivity index (χ4n) is 3.20. The van der Waals surface area contributed by atoms with Crippen LogP contribution in [0.25, 0.3) is 0 Å². The van der Waals surface area contributed by atoms with Crippen LogP contribution in [0.3, 0.4) is 0 Å². The predicted molar refractivity (Wildman–Crippen MR) is 85.7 cm³/mol. The van der Waals surface area contributed by atoms with Gasteiger partial charge in [0.15, 0.2) is 0 Å². The van der Waals surface area contributed by atoms with E-state index in [-0.39, 0.29) is 0 Å². The molecule has 0 aliphatic heterocycles. The number of benzene rings is 2. The highest BCUT2D eigenvalue weighted by Gasteiger charge is 2.34. The third-order valence-corrected chi connectivity index (χ3v) is 4.99. The van der Waals surface area contributed by atoms with Gasteiger partial charge in [-0.05, 0) is 54.9 Å². The summed E-state index contributed by atoms with van der Waals surface area (Å²) in [5.41, 5.74) is 1.81. The first kappa shape index (κ1) is 13.8. The fraction of sp³-hybridized carbons (Fsp3) is 0.333. The largest absolute Gasteiger partial charge is 0.385 e. The van der Waals surface area contributed by atoms with Gasteiger partial charge in [0, 0.05) is 4.47 Å². The second-order valence-corrected chi connectivity index (χ2v) is 6.64. The minimum absolute atomic E-state index is 0.590. The van der Waals surface area contributed by atoms with Crippen molar-refractivity contribution in [3.05, 3.63) is 70.2 Å². The molecule has 0 radical (unpaired) electrons. The molecule has 1 aliphatic rings. The number of halogens is 1. The quantitative estimate of drug-likeness (QED) is 0.821. The summed E-state index contributed by atoms with van der Waals surface area (Å²) in [7, 11) is 0. The van der Waals surface area contributed by atoms with Gasteiger partial charge in [-0.1, -0.05) is 58.4 Å². The first-order valence-electron chi connectivity index (χ1n) is 7.21. The van der Waals surface area contributed by atoms with Gasteiger partial charge in [0.05, 0.1) is 5.60 Å². The van der Waals surface area contributed by atoms with E-state index in [1.165, 1.54) is 5.56 Å². The zero-order chi connectivity index (χ0) is 14.0. The molecular weight excluding hydrogens is 312 g/mol. The van der Waals surface area contributed by atoms with E-state index in [4.69, 9.17) is 0 Å². The summed E-state index contributed by atoms with van der Waals surface area (Å²) in [6, 6.07) is 18.8. The number of hydrogen-bond donors (Lipinski definition) is 1. The topological polar surface area (TPSA) is 20.2 Å². The van der Waals surface area contributed by atoms with E-state index >= 15 is 0 Å². The van der Waals surface area contributed by atoms with Crippen molar-refractivity contribution in [1.82, 2.24) is 0 Å². The lowest BCUT2D eigenvalue weighted by Crippen LogP contribution is -2.30. The van der Waals surface area contributed by atoms with Crippen molar-refractivity contribution < 1.29 is 5.11 Å². The molecule has 0 atom stereocenters. The van der Waals surface area contributed by atoms with Gasteiger partial charge in [0.1, 0.15) is 0 Å². The van der Waals surface area contributed by atoms with E-state index in [1.807, 2.05) is 24.3 Å². The Hall–Kier alpha value is -1.12. The molecule has 0 bridgehead atoms. The Morgan fingerprint density at radius 1 is 0.900 bits per heavy atom. The molecule has 0 amide bonds. The fourth-order valence-corrected chi connectivity index (χ4v) is 3.47. The van der Waals surface area contributed by atoms with E-state index in [9.17, 15) is 5.11 Å². The van der Waals surface area contributed by atoms with Gasteiger partial charge in [0.25, 0.3) is 0 Å². The predicted octanol–water partition coefficient (Wildman–Crippen LogP) is 4.99. The van der Waals surface area contributed by atoms with E-state index in [2.05, 4.69) is 46.3 Å². The van der Waals surface area contributed by atoms with Gasteiger partial charge < -0.3 is 5.11 Å². The molecule has 2 aromatic rings. The summed E-state index contributed by atoms with van der Waals surface area (Å²) in [5, 5.41) is 10.9. The molecule has 0 aromatic heterocycles. The van der Waals surface area contributed by atoms with Crippen LogP contribution in [0, 0.1) is 0 Å². The average molecular weight is 331 g/mol. The lowest BCUT2D eigenvalue weighted by atomic mass is 9.73. The molecule has 3 rings (SSSR count). The molecule has 20 heavy (non-hydrogen) atoms. The SMILES string of the molecule is OC1(c2ccc(Br)cc2)CCC(c2ccccc2)CC1. The summed E-state index contributed by atoms with van der Waals surface area (Å²) < 4.78 is 1.06. The van der Waals surface area contributed by atoms with Crippen molar-refractivity contribution in [3.8, 4) is 0 Å². The Bertz CT molecular complexity index is 554. The second kappa shape index (κ2) is 5.71. The second-order valence-electron chi connectivity index (χ2n) is 5.72. The number of hydrogen-bond acceptors (Lipinski definition) is 1. The van der Waals surface area contributed by atoms with Gasteiger partial charge in [0.2, 0.25) is 0 Å². The van der Waals surface area contributed by atoms with Gasteiger partial charge in [-0.25, -0.2) is 0 Å². The molecule has 2 aromatic carbocycles. The molecule has 0 unspecified atom stereocenters. The average Bonchev–Trinajstić information content (AvgIpc) is 2.49. The molecule has 1 fully saturated rings. The number of rotatable bonds is 2. The molecule has 0 spiro atoms. The lowest BCUT2D eigenvalue weighted by Gasteiger charge is -2.36. The number of aliphatic hydroxyl groups is 1. The van der Waals surface area contributed by atoms with Crippen LogP contribution in [0.15, 0.2) is 59.1 Å². The molecule has 2 heteroatoms. The first-order chi connectivity index (χ1) is 9.67. The minimum atomic E-state index is -0.647. The van der Waals surface area contributed by atoms with E-state index in [0.717, 1.165) is 35.7 Å². The highest BCUT2D eigenvalue weighted by atomic mass is 79.9. The van der Waals surface area contributed by atoms with Crippen LogP contribution < -0.4 is 0 Å². The standard InChI is InChI=1S/C18H19BrO/c19-17-8-6-16(7-9-17)18(20)12-10-15(11-13-18)14-4-2-1-3-5-14/h1-9,15,20H,10-13H2. The minimum Gasteiger partial charge on any atom is -0.385 e. The van der Waals surface area contributed by atoms with Crippen LogP contribution in [-0.2, 0) is 5.60 Å². The van der Waals surface area contributed by atoms with Crippen molar-refractivity contribution in [2.45, 2.75) is 37.2 Å². The summed E-state index contributed by atoms with van der Waals surface area (Å²) in [5.74, 6) is 0.590. The lowest BCUT2D eigenvalue weighted by molar-refractivity contribution is -0.00567. The van der Waals surface area contributed by atoms with Gasteiger partial charge in [-0.2, -0.15) is 0 Å². The molecular formula is C18H19BrO. The summed E-state index contributed by atoms with van der Waals surface area (Å²) in [6.07, 6.45) is 3.79. The maximum absolute atomic E-state index is 10.9. The molecule has 104 valence electrons. The highest BCUT2D eigenvalue weighted by Crippen LogP contribution is 2.43. The Morgan fingerprint density at radius 3 is 2.10 bits per heavy atom. The monoisotopic (exact) mass is 330 g/mol. The van der Waals surface area contributed by atoms with Gasteiger partial charge in [-0.15, -0.1) is 0 Å². The molecule has 0 saturated heterocycles. The van der Waals surface area contributed by atoms with Gasteiger partial charge >= 0.3 is 0 Å². The van der Waals surface area contributed by atoms with Crippen molar-refractivity contribution in [2.24, 2.45) is 0 Å². The van der Waals surface area contributed by atoms with Crippen molar-refractivity contribution in [1.29, 1.82) is 0 Å². The van der Waals surface area contributed by atoms with Crippen molar-refractivity contribution >= 4 is 15.9 Å². The maximum atomic E-state index is 10.9. The molecule has 1 N–H and O–H groups in total. The third kappa shape index (κ3) is 2.82. The van der Waals surface area contributed by atoms with E-state index in [1.54, 1.807) is 0 Å². The normalized spacial score (nSPS) is 26.4. The third-order valence-electron chi connectivity index (χ3n) is 4.47. The smallest absolute Gasteiger partial charge is 0.0897 e. The summed E-state index contributed by atoms with van der Waals surface area (Å²) in [6.45, 7) is 0. The van der Waals surface area contributed by atoms with Crippen LogP contribution >= 0.6 is 15.9 Å². The molecule has 1 aliphatic carbocycles. The Kier molecular flexibility index (Phi) is 3.95. The molecule has 1 saturated carbocycles. The van der Waals surface area contributed by atoms with Crippen LogP contribution in [0.1, 0.15) is 42.7 Å². The summed E-state index contributed by atoms with van der Waals surface area (Å²) >= 11 is 3.45. The van der Waals surface area contributed by atoms with E-state index in [0.29, 0.717) is 5.92 Å². The zero-order valence-electron chi connectivity index (χ0n) is 11.4. The maximum Gasteiger partial charge on any atom is 0.0897 e. The van der Waals surface area contributed by atoms with Crippen molar-refractivity contribution in [2.75, 3.05) is 0 Å². The van der Waals surface area contributed by atoms with E-state index < -0.39 is 5.60 Å². The zero-order valence-corrected chi connectivity index (χ0v) is 13.0. The molecule has 0 heterocycles. The van der Waals surface area contributed by atoms with Crippen LogP contribution in [0.4, 0.5) is 0 Å². The Morgan fingerprint density at radius 2 is 1.50 bits per heavy atom. The molecule has 1 nitrogen and oxygen atoms in total. The van der Waals surface area contributed by atoms with Crippen LogP contribution in [-0.4, -0.2) is 5.11 Å². The Balaban J connectivity index is 1.73. The first-order valence-corrected chi connectivity index (χ1v) is 8.00. The van der Waals surface area contributed by atoms with Gasteiger partial charge in [-0.3, -0.25) is 0 Å². The highest BCUT2D eigenvalue weighted by molar-refractivity contribution is 9.10. The van der Waals surface area contributed by atoms with Crippen LogP contribution in [0.2, 0.25) is 0 Å².